The highest BCUT2D eigenvalue weighted by Gasteiger charge is 2.09. The van der Waals surface area contributed by atoms with Crippen LogP contribution in [0, 0.1) is 0 Å². The van der Waals surface area contributed by atoms with Crippen molar-refractivity contribution in [1.82, 2.24) is 10.2 Å². The lowest BCUT2D eigenvalue weighted by Gasteiger charge is -2.27. The fourth-order valence-corrected chi connectivity index (χ4v) is 2.71. The first kappa shape index (κ1) is 20.0. The zero-order chi connectivity index (χ0) is 16.8. The van der Waals surface area contributed by atoms with E-state index in [1.165, 1.54) is 37.7 Å². The van der Waals surface area contributed by atoms with Gasteiger partial charge in [-0.05, 0) is 24.1 Å². The van der Waals surface area contributed by atoms with Crippen molar-refractivity contribution in [2.45, 2.75) is 59.4 Å². The van der Waals surface area contributed by atoms with Crippen LogP contribution in [0.3, 0.4) is 0 Å². The Balaban J connectivity index is 0.00000127. The van der Waals surface area contributed by atoms with Crippen molar-refractivity contribution in [3.05, 3.63) is 29.8 Å². The highest BCUT2D eigenvalue weighted by Crippen LogP contribution is 2.14. The molecule has 3 heteroatoms. The summed E-state index contributed by atoms with van der Waals surface area (Å²) in [6.45, 7) is 12.7. The summed E-state index contributed by atoms with van der Waals surface area (Å²) in [6, 6.07) is 8.63. The zero-order valence-electron chi connectivity index (χ0n) is 15.4. The number of hydrogen-bond donors (Lipinski definition) is 1. The van der Waals surface area contributed by atoms with E-state index in [2.05, 4.69) is 41.4 Å². The first-order valence-electron chi connectivity index (χ1n) is 9.53. The van der Waals surface area contributed by atoms with Gasteiger partial charge in [0.2, 0.25) is 0 Å². The van der Waals surface area contributed by atoms with E-state index in [4.69, 9.17) is 4.74 Å². The lowest BCUT2D eigenvalue weighted by atomic mass is 10.1. The Bertz CT molecular complexity index is 372. The van der Waals surface area contributed by atoms with Gasteiger partial charge >= 0.3 is 0 Å². The normalized spacial score (nSPS) is 14.9. The SMILES string of the molecule is CC.CCCCCCCOc1ccc(CN2CCNCC2)cc1. The summed E-state index contributed by atoms with van der Waals surface area (Å²) in [6.07, 6.45) is 6.44. The molecule has 132 valence electrons. The van der Waals surface area contributed by atoms with Gasteiger partial charge in [0.25, 0.3) is 0 Å². The van der Waals surface area contributed by atoms with E-state index < -0.39 is 0 Å². The van der Waals surface area contributed by atoms with Gasteiger partial charge in [0.05, 0.1) is 6.61 Å². The summed E-state index contributed by atoms with van der Waals surface area (Å²) in [5, 5.41) is 3.39. The molecule has 0 atom stereocenters. The van der Waals surface area contributed by atoms with E-state index in [-0.39, 0.29) is 0 Å². The van der Waals surface area contributed by atoms with Crippen molar-refractivity contribution >= 4 is 0 Å². The molecular weight excluding hydrogens is 284 g/mol. The molecule has 1 aliphatic heterocycles. The molecule has 1 saturated heterocycles. The highest BCUT2D eigenvalue weighted by molar-refractivity contribution is 5.27. The van der Waals surface area contributed by atoms with Crippen molar-refractivity contribution in [2.24, 2.45) is 0 Å². The Morgan fingerprint density at radius 1 is 0.957 bits per heavy atom. The molecule has 0 aliphatic carbocycles. The van der Waals surface area contributed by atoms with Gasteiger partial charge < -0.3 is 10.1 Å². The van der Waals surface area contributed by atoms with Crippen molar-refractivity contribution in [1.29, 1.82) is 0 Å². The average Bonchev–Trinajstić information content (AvgIpc) is 2.62. The molecule has 0 bridgehead atoms. The second-order valence-corrected chi connectivity index (χ2v) is 5.93. The van der Waals surface area contributed by atoms with Crippen molar-refractivity contribution in [3.63, 3.8) is 0 Å². The van der Waals surface area contributed by atoms with Gasteiger partial charge in [-0.3, -0.25) is 4.90 Å². The van der Waals surface area contributed by atoms with Crippen LogP contribution in [-0.2, 0) is 6.54 Å². The van der Waals surface area contributed by atoms with Crippen LogP contribution < -0.4 is 10.1 Å². The Morgan fingerprint density at radius 3 is 2.26 bits per heavy atom. The first-order valence-corrected chi connectivity index (χ1v) is 9.53. The summed E-state index contributed by atoms with van der Waals surface area (Å²) in [7, 11) is 0. The molecule has 0 unspecified atom stereocenters. The summed E-state index contributed by atoms with van der Waals surface area (Å²) in [4.78, 5) is 2.50. The summed E-state index contributed by atoms with van der Waals surface area (Å²) in [5.74, 6) is 1.01. The van der Waals surface area contributed by atoms with Gasteiger partial charge in [0.1, 0.15) is 5.75 Å². The van der Waals surface area contributed by atoms with Gasteiger partial charge in [-0.1, -0.05) is 58.6 Å². The Morgan fingerprint density at radius 2 is 1.61 bits per heavy atom. The number of nitrogens with one attached hydrogen (secondary N) is 1. The maximum atomic E-state index is 5.81. The van der Waals surface area contributed by atoms with E-state index in [0.29, 0.717) is 0 Å². The predicted octanol–water partition coefficient (Wildman–Crippen LogP) is 4.47. The molecular formula is C20H36N2O. The van der Waals surface area contributed by atoms with E-state index >= 15 is 0 Å². The van der Waals surface area contributed by atoms with Crippen LogP contribution in [0.2, 0.25) is 0 Å². The Hall–Kier alpha value is -1.06. The van der Waals surface area contributed by atoms with Crippen LogP contribution in [0.1, 0.15) is 58.4 Å². The van der Waals surface area contributed by atoms with Gasteiger partial charge in [-0.25, -0.2) is 0 Å². The van der Waals surface area contributed by atoms with Crippen molar-refractivity contribution in [2.75, 3.05) is 32.8 Å². The van der Waals surface area contributed by atoms with Gasteiger partial charge in [-0.15, -0.1) is 0 Å². The average molecular weight is 321 g/mol. The van der Waals surface area contributed by atoms with E-state index in [1.807, 2.05) is 13.8 Å². The van der Waals surface area contributed by atoms with Crippen LogP contribution in [0.5, 0.6) is 5.75 Å². The maximum absolute atomic E-state index is 5.81. The van der Waals surface area contributed by atoms with Gasteiger partial charge in [0.15, 0.2) is 0 Å². The Labute approximate surface area is 143 Å². The van der Waals surface area contributed by atoms with Crippen LogP contribution in [0.4, 0.5) is 0 Å². The minimum Gasteiger partial charge on any atom is -0.494 e. The molecule has 0 spiro atoms. The lowest BCUT2D eigenvalue weighted by molar-refractivity contribution is 0.233. The molecule has 1 aromatic rings. The third kappa shape index (κ3) is 8.97. The molecule has 0 saturated carbocycles. The maximum Gasteiger partial charge on any atom is 0.119 e. The molecule has 2 rings (SSSR count). The molecule has 0 radical (unpaired) electrons. The molecule has 1 fully saturated rings. The number of ether oxygens (including phenoxy) is 1. The highest BCUT2D eigenvalue weighted by atomic mass is 16.5. The summed E-state index contributed by atoms with van der Waals surface area (Å²) in [5.41, 5.74) is 1.38. The molecule has 0 amide bonds. The molecule has 23 heavy (non-hydrogen) atoms. The number of nitrogens with zero attached hydrogens (tertiary/aromatic N) is 1. The fraction of sp³-hybridized carbons (Fsp3) is 0.700. The number of hydrogen-bond acceptors (Lipinski definition) is 3. The quantitative estimate of drug-likeness (QED) is 0.680. The monoisotopic (exact) mass is 320 g/mol. The molecule has 3 nitrogen and oxygen atoms in total. The third-order valence-corrected chi connectivity index (χ3v) is 4.06. The first-order chi connectivity index (χ1) is 11.4. The van der Waals surface area contributed by atoms with Crippen LogP contribution in [-0.4, -0.2) is 37.7 Å². The smallest absolute Gasteiger partial charge is 0.119 e. The van der Waals surface area contributed by atoms with Crippen LogP contribution >= 0.6 is 0 Å². The van der Waals surface area contributed by atoms with Crippen molar-refractivity contribution < 1.29 is 4.74 Å². The molecule has 0 aromatic heterocycles. The fourth-order valence-electron chi connectivity index (χ4n) is 2.71. The third-order valence-electron chi connectivity index (χ3n) is 4.06. The second-order valence-electron chi connectivity index (χ2n) is 5.93. The largest absolute Gasteiger partial charge is 0.494 e. The van der Waals surface area contributed by atoms with Crippen LogP contribution in [0.25, 0.3) is 0 Å². The van der Waals surface area contributed by atoms with E-state index in [1.54, 1.807) is 0 Å². The minimum atomic E-state index is 0.848. The molecule has 1 N–H and O–H groups in total. The lowest BCUT2D eigenvalue weighted by Crippen LogP contribution is -2.42. The predicted molar refractivity (Wildman–Crippen MR) is 100 cm³/mol. The second kappa shape index (κ2) is 13.4. The number of unbranched alkanes of at least 4 members (excludes halogenated alkanes) is 4. The van der Waals surface area contributed by atoms with E-state index in [9.17, 15) is 0 Å². The summed E-state index contributed by atoms with van der Waals surface area (Å²) < 4.78 is 5.81. The van der Waals surface area contributed by atoms with Gasteiger partial charge in [-0.2, -0.15) is 0 Å². The van der Waals surface area contributed by atoms with E-state index in [0.717, 1.165) is 45.1 Å². The summed E-state index contributed by atoms with van der Waals surface area (Å²) >= 11 is 0. The Kier molecular flexibility index (Phi) is 11.6. The van der Waals surface area contributed by atoms with Crippen molar-refractivity contribution in [3.8, 4) is 5.75 Å². The van der Waals surface area contributed by atoms with Gasteiger partial charge in [0, 0.05) is 32.7 Å². The number of benzene rings is 1. The standard InChI is InChI=1S/C18H30N2O.C2H6/c1-2-3-4-5-6-15-21-18-9-7-17(8-10-18)16-20-13-11-19-12-14-20;1-2/h7-10,19H,2-6,11-16H2,1H3;1-2H3. The molecule has 1 heterocycles. The number of rotatable bonds is 9. The molecule has 1 aliphatic rings. The minimum absolute atomic E-state index is 0.848. The number of piperazine rings is 1. The topological polar surface area (TPSA) is 24.5 Å². The molecule has 1 aromatic carbocycles. The van der Waals surface area contributed by atoms with Crippen LogP contribution in [0.15, 0.2) is 24.3 Å². The zero-order valence-corrected chi connectivity index (χ0v) is 15.4.